The van der Waals surface area contributed by atoms with Crippen molar-refractivity contribution < 1.29 is 14.7 Å². The third-order valence-electron chi connectivity index (χ3n) is 2.03. The second-order valence-corrected chi connectivity index (χ2v) is 3.38. The first kappa shape index (κ1) is 12.2. The lowest BCUT2D eigenvalue weighted by Crippen LogP contribution is -2.25. The molecule has 6 nitrogen and oxygen atoms in total. The van der Waals surface area contributed by atoms with Gasteiger partial charge in [0, 0.05) is 38.2 Å². The number of hydrogen-bond donors (Lipinski definition) is 3. The van der Waals surface area contributed by atoms with Crippen LogP contribution in [0.5, 0.6) is 0 Å². The quantitative estimate of drug-likeness (QED) is 0.623. The third kappa shape index (κ3) is 5.14. The zero-order valence-electron chi connectivity index (χ0n) is 8.90. The minimum Gasteiger partial charge on any atom is -0.481 e. The Kier molecular flexibility index (Phi) is 5.04. The zero-order chi connectivity index (χ0) is 11.8. The van der Waals surface area contributed by atoms with Gasteiger partial charge in [-0.3, -0.25) is 9.59 Å². The molecule has 0 saturated heterocycles. The highest BCUT2D eigenvalue weighted by molar-refractivity contribution is 5.76. The van der Waals surface area contributed by atoms with Gasteiger partial charge in [-0.1, -0.05) is 0 Å². The van der Waals surface area contributed by atoms with E-state index < -0.39 is 5.97 Å². The first-order valence-corrected chi connectivity index (χ1v) is 5.15. The number of amides is 1. The molecule has 0 unspecified atom stereocenters. The molecule has 0 atom stereocenters. The van der Waals surface area contributed by atoms with Crippen LogP contribution in [0.1, 0.15) is 25.1 Å². The summed E-state index contributed by atoms with van der Waals surface area (Å²) in [5, 5.41) is 11.1. The molecule has 0 aliphatic heterocycles. The lowest BCUT2D eigenvalue weighted by atomic mass is 10.2. The SMILES string of the molecule is O=C(O)CCCC(=O)NCCc1ncc[nH]1. The fourth-order valence-corrected chi connectivity index (χ4v) is 1.24. The summed E-state index contributed by atoms with van der Waals surface area (Å²) in [5.74, 6) is -0.165. The van der Waals surface area contributed by atoms with Crippen LogP contribution in [0.2, 0.25) is 0 Å². The van der Waals surface area contributed by atoms with Crippen LogP contribution in [0.4, 0.5) is 0 Å². The lowest BCUT2D eigenvalue weighted by molar-refractivity contribution is -0.137. The Hall–Kier alpha value is -1.85. The number of hydrogen-bond acceptors (Lipinski definition) is 3. The second kappa shape index (κ2) is 6.60. The van der Waals surface area contributed by atoms with Crippen molar-refractivity contribution in [3.8, 4) is 0 Å². The summed E-state index contributed by atoms with van der Waals surface area (Å²) in [4.78, 5) is 28.4. The van der Waals surface area contributed by atoms with Crippen molar-refractivity contribution in [3.05, 3.63) is 18.2 Å². The van der Waals surface area contributed by atoms with Crippen LogP contribution in [-0.2, 0) is 16.0 Å². The number of nitrogens with zero attached hydrogens (tertiary/aromatic N) is 1. The minimum absolute atomic E-state index is 0.0333. The third-order valence-corrected chi connectivity index (χ3v) is 2.03. The molecule has 1 rings (SSSR count). The van der Waals surface area contributed by atoms with Crippen molar-refractivity contribution in [1.82, 2.24) is 15.3 Å². The highest BCUT2D eigenvalue weighted by Crippen LogP contribution is 1.95. The number of aromatic nitrogens is 2. The van der Waals surface area contributed by atoms with E-state index in [1.165, 1.54) is 0 Å². The predicted molar refractivity (Wildman–Crippen MR) is 56.8 cm³/mol. The minimum atomic E-state index is -0.872. The van der Waals surface area contributed by atoms with E-state index in [1.807, 2.05) is 0 Å². The molecule has 0 bridgehead atoms. The van der Waals surface area contributed by atoms with Crippen LogP contribution in [-0.4, -0.2) is 33.5 Å². The van der Waals surface area contributed by atoms with E-state index in [0.29, 0.717) is 19.4 Å². The molecular weight excluding hydrogens is 210 g/mol. The molecule has 0 spiro atoms. The first-order chi connectivity index (χ1) is 7.68. The van der Waals surface area contributed by atoms with E-state index in [4.69, 9.17) is 5.11 Å². The number of aromatic amines is 1. The monoisotopic (exact) mass is 225 g/mol. The Morgan fingerprint density at radius 3 is 2.88 bits per heavy atom. The molecule has 0 aromatic carbocycles. The smallest absolute Gasteiger partial charge is 0.303 e. The average Bonchev–Trinajstić information content (AvgIpc) is 2.70. The van der Waals surface area contributed by atoms with E-state index in [2.05, 4.69) is 15.3 Å². The molecule has 0 fully saturated rings. The normalized spacial score (nSPS) is 10.0. The highest BCUT2D eigenvalue weighted by atomic mass is 16.4. The Labute approximate surface area is 93.1 Å². The summed E-state index contributed by atoms with van der Waals surface area (Å²) < 4.78 is 0. The summed E-state index contributed by atoms with van der Waals surface area (Å²) in [7, 11) is 0. The van der Waals surface area contributed by atoms with E-state index in [1.54, 1.807) is 12.4 Å². The summed E-state index contributed by atoms with van der Waals surface area (Å²) in [6, 6.07) is 0. The molecule has 6 heteroatoms. The van der Waals surface area contributed by atoms with Crippen molar-refractivity contribution in [2.24, 2.45) is 0 Å². The summed E-state index contributed by atoms with van der Waals surface area (Å²) >= 11 is 0. The lowest BCUT2D eigenvalue weighted by Gasteiger charge is -2.02. The molecule has 3 N–H and O–H groups in total. The van der Waals surface area contributed by atoms with Crippen molar-refractivity contribution in [2.75, 3.05) is 6.54 Å². The molecule has 0 aliphatic carbocycles. The Morgan fingerprint density at radius 2 is 2.25 bits per heavy atom. The number of nitrogens with one attached hydrogen (secondary N) is 2. The number of carboxylic acid groups (broad SMARTS) is 1. The van der Waals surface area contributed by atoms with Crippen LogP contribution in [0.25, 0.3) is 0 Å². The second-order valence-electron chi connectivity index (χ2n) is 3.38. The van der Waals surface area contributed by atoms with Gasteiger partial charge in [0.05, 0.1) is 0 Å². The van der Waals surface area contributed by atoms with Crippen molar-refractivity contribution >= 4 is 11.9 Å². The highest BCUT2D eigenvalue weighted by Gasteiger charge is 2.03. The summed E-state index contributed by atoms with van der Waals surface area (Å²) in [6.45, 7) is 0.513. The molecular formula is C10H15N3O3. The van der Waals surface area contributed by atoms with Gasteiger partial charge in [-0.2, -0.15) is 0 Å². The molecule has 1 aromatic rings. The molecule has 0 radical (unpaired) electrons. The summed E-state index contributed by atoms with van der Waals surface area (Å²) in [6.07, 6.45) is 4.70. The van der Waals surface area contributed by atoms with Gasteiger partial charge in [0.25, 0.3) is 0 Å². The average molecular weight is 225 g/mol. The standard InChI is InChI=1S/C10H15N3O3/c14-9(2-1-3-10(15)16)13-5-4-8-11-6-7-12-8/h6-7H,1-5H2,(H,11,12)(H,13,14)(H,15,16). The van der Waals surface area contributed by atoms with Crippen LogP contribution in [0.3, 0.4) is 0 Å². The molecule has 1 heterocycles. The van der Waals surface area contributed by atoms with Crippen molar-refractivity contribution in [2.45, 2.75) is 25.7 Å². The predicted octanol–water partition coefficient (Wildman–Crippen LogP) is 0.323. The number of carbonyl (C=O) groups is 2. The van der Waals surface area contributed by atoms with Gasteiger partial charge in [-0.15, -0.1) is 0 Å². The molecule has 0 saturated carbocycles. The van der Waals surface area contributed by atoms with Gasteiger partial charge >= 0.3 is 5.97 Å². The topological polar surface area (TPSA) is 95.1 Å². The van der Waals surface area contributed by atoms with E-state index in [0.717, 1.165) is 5.82 Å². The van der Waals surface area contributed by atoms with E-state index >= 15 is 0 Å². The van der Waals surface area contributed by atoms with Crippen LogP contribution >= 0.6 is 0 Å². The molecule has 88 valence electrons. The van der Waals surface area contributed by atoms with E-state index in [9.17, 15) is 9.59 Å². The van der Waals surface area contributed by atoms with Gasteiger partial charge in [-0.05, 0) is 6.42 Å². The van der Waals surface area contributed by atoms with Crippen LogP contribution in [0.15, 0.2) is 12.4 Å². The fraction of sp³-hybridized carbons (Fsp3) is 0.500. The first-order valence-electron chi connectivity index (χ1n) is 5.15. The van der Waals surface area contributed by atoms with Crippen molar-refractivity contribution in [1.29, 1.82) is 0 Å². The maximum absolute atomic E-state index is 11.2. The van der Waals surface area contributed by atoms with E-state index in [-0.39, 0.29) is 18.7 Å². The van der Waals surface area contributed by atoms with Gasteiger partial charge in [-0.25, -0.2) is 4.98 Å². The van der Waals surface area contributed by atoms with Crippen LogP contribution < -0.4 is 5.32 Å². The van der Waals surface area contributed by atoms with Crippen molar-refractivity contribution in [3.63, 3.8) is 0 Å². The number of aliphatic carboxylic acids is 1. The van der Waals surface area contributed by atoms with Gasteiger partial charge in [0.15, 0.2) is 0 Å². The molecule has 1 aromatic heterocycles. The Morgan fingerprint density at radius 1 is 1.44 bits per heavy atom. The maximum atomic E-state index is 11.2. The maximum Gasteiger partial charge on any atom is 0.303 e. The number of carboxylic acids is 1. The van der Waals surface area contributed by atoms with Gasteiger partial charge in [0.1, 0.15) is 5.82 Å². The van der Waals surface area contributed by atoms with Gasteiger partial charge < -0.3 is 15.4 Å². The molecule has 0 aliphatic rings. The zero-order valence-corrected chi connectivity index (χ0v) is 8.90. The number of imidazole rings is 1. The fourth-order valence-electron chi connectivity index (χ4n) is 1.24. The number of carbonyl (C=O) groups excluding carboxylic acids is 1. The Balaban J connectivity index is 2.04. The number of H-pyrrole nitrogens is 1. The van der Waals surface area contributed by atoms with Gasteiger partial charge in [0.2, 0.25) is 5.91 Å². The molecule has 16 heavy (non-hydrogen) atoms. The summed E-state index contributed by atoms with van der Waals surface area (Å²) in [5.41, 5.74) is 0. The van der Waals surface area contributed by atoms with Crippen LogP contribution in [0, 0.1) is 0 Å². The largest absolute Gasteiger partial charge is 0.481 e. The molecule has 1 amide bonds. The number of rotatable bonds is 7. The Bertz CT molecular complexity index is 335.